The number of nitrogens with one attached hydrogen (secondary N) is 2. The summed E-state index contributed by atoms with van der Waals surface area (Å²) in [4.78, 5) is 24.3. The van der Waals surface area contributed by atoms with Crippen LogP contribution in [0.25, 0.3) is 0 Å². The van der Waals surface area contributed by atoms with Gasteiger partial charge >= 0.3 is 0 Å². The third kappa shape index (κ3) is 4.61. The van der Waals surface area contributed by atoms with Crippen LogP contribution in [0.5, 0.6) is 5.75 Å². The van der Waals surface area contributed by atoms with Crippen molar-refractivity contribution >= 4 is 23.2 Å². The average molecular weight is 353 g/mol. The molecule has 136 valence electrons. The first-order chi connectivity index (χ1) is 12.5. The van der Waals surface area contributed by atoms with Gasteiger partial charge in [-0.2, -0.15) is 0 Å². The zero-order chi connectivity index (χ0) is 18.4. The number of para-hydroxylation sites is 1. The first-order valence-corrected chi connectivity index (χ1v) is 8.73. The molecule has 0 aromatic heterocycles. The Morgan fingerprint density at radius 2 is 1.65 bits per heavy atom. The Kier molecular flexibility index (Phi) is 5.53. The number of hydrogen-bond donors (Lipinski definition) is 3. The van der Waals surface area contributed by atoms with E-state index in [1.54, 1.807) is 36.4 Å². The van der Waals surface area contributed by atoms with Gasteiger partial charge in [-0.25, -0.2) is 0 Å². The summed E-state index contributed by atoms with van der Waals surface area (Å²) in [6.07, 6.45) is 3.36. The van der Waals surface area contributed by atoms with Crippen molar-refractivity contribution in [3.05, 3.63) is 54.6 Å². The maximum Gasteiger partial charge on any atom is 0.262 e. The number of amides is 2. The Bertz CT molecular complexity index is 771. The van der Waals surface area contributed by atoms with Crippen molar-refractivity contribution in [1.29, 1.82) is 0 Å². The fraction of sp³-hybridized carbons (Fsp3) is 0.300. The van der Waals surface area contributed by atoms with Gasteiger partial charge in [0.2, 0.25) is 5.91 Å². The van der Waals surface area contributed by atoms with Crippen LogP contribution in [0.3, 0.4) is 0 Å². The maximum atomic E-state index is 12.4. The lowest BCUT2D eigenvalue weighted by Crippen LogP contribution is -2.48. The summed E-state index contributed by atoms with van der Waals surface area (Å²) in [5.41, 5.74) is 6.70. The van der Waals surface area contributed by atoms with E-state index < -0.39 is 5.54 Å². The second kappa shape index (κ2) is 8.01. The molecule has 4 N–H and O–H groups in total. The van der Waals surface area contributed by atoms with E-state index in [9.17, 15) is 9.59 Å². The van der Waals surface area contributed by atoms with Crippen molar-refractivity contribution in [1.82, 2.24) is 0 Å². The van der Waals surface area contributed by atoms with Gasteiger partial charge in [0.1, 0.15) is 5.75 Å². The molecule has 1 saturated carbocycles. The molecule has 0 aliphatic heterocycles. The number of anilines is 2. The van der Waals surface area contributed by atoms with Gasteiger partial charge in [-0.05, 0) is 37.1 Å². The smallest absolute Gasteiger partial charge is 0.262 e. The Morgan fingerprint density at radius 1 is 0.962 bits per heavy atom. The van der Waals surface area contributed by atoms with Gasteiger partial charge in [-0.15, -0.1) is 0 Å². The number of benzene rings is 2. The molecule has 2 aromatic carbocycles. The van der Waals surface area contributed by atoms with Gasteiger partial charge in [-0.1, -0.05) is 37.1 Å². The Hall–Kier alpha value is -2.86. The van der Waals surface area contributed by atoms with E-state index >= 15 is 0 Å². The predicted molar refractivity (Wildman–Crippen MR) is 101 cm³/mol. The molecule has 0 radical (unpaired) electrons. The molecule has 3 rings (SSSR count). The minimum Gasteiger partial charge on any atom is -0.484 e. The van der Waals surface area contributed by atoms with Crippen LogP contribution >= 0.6 is 0 Å². The van der Waals surface area contributed by atoms with Crippen molar-refractivity contribution in [3.63, 3.8) is 0 Å². The normalized spacial score (nSPS) is 15.3. The summed E-state index contributed by atoms with van der Waals surface area (Å²) in [5, 5.41) is 5.60. The van der Waals surface area contributed by atoms with Crippen molar-refractivity contribution in [2.24, 2.45) is 5.73 Å². The predicted octanol–water partition coefficient (Wildman–Crippen LogP) is 2.91. The second-order valence-corrected chi connectivity index (χ2v) is 6.55. The summed E-state index contributed by atoms with van der Waals surface area (Å²) >= 11 is 0. The van der Waals surface area contributed by atoms with Crippen molar-refractivity contribution in [2.75, 3.05) is 17.2 Å². The lowest BCUT2D eigenvalue weighted by molar-refractivity contribution is -0.121. The van der Waals surface area contributed by atoms with Gasteiger partial charge in [-0.3, -0.25) is 9.59 Å². The summed E-state index contributed by atoms with van der Waals surface area (Å²) < 4.78 is 5.52. The van der Waals surface area contributed by atoms with E-state index in [4.69, 9.17) is 10.5 Å². The molecule has 26 heavy (non-hydrogen) atoms. The number of ether oxygens (including phenoxy) is 1. The fourth-order valence-corrected chi connectivity index (χ4v) is 3.02. The van der Waals surface area contributed by atoms with Crippen LogP contribution in [0.1, 0.15) is 25.7 Å². The van der Waals surface area contributed by atoms with Crippen LogP contribution in [-0.4, -0.2) is 24.0 Å². The molecular weight excluding hydrogens is 330 g/mol. The van der Waals surface area contributed by atoms with Gasteiger partial charge in [0.05, 0.1) is 5.54 Å². The number of carbonyl (C=O) groups excluding carboxylic acids is 2. The molecule has 0 spiro atoms. The second-order valence-electron chi connectivity index (χ2n) is 6.55. The number of carbonyl (C=O) groups is 2. The molecule has 0 unspecified atom stereocenters. The summed E-state index contributed by atoms with van der Waals surface area (Å²) in [7, 11) is 0. The van der Waals surface area contributed by atoms with Crippen molar-refractivity contribution in [3.8, 4) is 5.75 Å². The number of nitrogens with two attached hydrogens (primary N) is 1. The van der Waals surface area contributed by atoms with Gasteiger partial charge in [0.25, 0.3) is 5.91 Å². The number of rotatable bonds is 6. The van der Waals surface area contributed by atoms with Gasteiger partial charge < -0.3 is 21.1 Å². The third-order valence-corrected chi connectivity index (χ3v) is 4.47. The zero-order valence-corrected chi connectivity index (χ0v) is 14.5. The standard InChI is InChI=1S/C20H23N3O3/c21-20(11-4-5-12-20)19(25)23-16-9-6-10-17(13-16)26-14-18(24)22-15-7-2-1-3-8-15/h1-3,6-10,13H,4-5,11-12,14,21H2,(H,22,24)(H,23,25). The minimum absolute atomic E-state index is 0.118. The van der Waals surface area contributed by atoms with E-state index in [1.807, 2.05) is 18.2 Å². The third-order valence-electron chi connectivity index (χ3n) is 4.47. The lowest BCUT2D eigenvalue weighted by Gasteiger charge is -2.22. The largest absolute Gasteiger partial charge is 0.484 e. The molecule has 2 aromatic rings. The first-order valence-electron chi connectivity index (χ1n) is 8.73. The molecule has 1 fully saturated rings. The molecule has 0 bridgehead atoms. The zero-order valence-electron chi connectivity index (χ0n) is 14.5. The van der Waals surface area contributed by atoms with E-state index in [1.165, 1.54) is 0 Å². The molecule has 2 amide bonds. The highest BCUT2D eigenvalue weighted by atomic mass is 16.5. The molecule has 6 heteroatoms. The van der Waals surface area contributed by atoms with E-state index in [0.29, 0.717) is 30.0 Å². The molecule has 6 nitrogen and oxygen atoms in total. The fourth-order valence-electron chi connectivity index (χ4n) is 3.02. The molecule has 0 heterocycles. The maximum absolute atomic E-state index is 12.4. The minimum atomic E-state index is -0.785. The average Bonchev–Trinajstić information content (AvgIpc) is 3.09. The topological polar surface area (TPSA) is 93.5 Å². The highest BCUT2D eigenvalue weighted by molar-refractivity contribution is 5.98. The first kappa shape index (κ1) is 17.9. The lowest BCUT2D eigenvalue weighted by atomic mass is 9.98. The summed E-state index contributed by atoms with van der Waals surface area (Å²) in [6.45, 7) is -0.118. The Balaban J connectivity index is 1.54. The molecule has 0 saturated heterocycles. The van der Waals surface area contributed by atoms with Crippen LogP contribution in [-0.2, 0) is 9.59 Å². The molecule has 0 atom stereocenters. The Morgan fingerprint density at radius 3 is 2.38 bits per heavy atom. The summed E-state index contributed by atoms with van der Waals surface area (Å²) in [6, 6.07) is 16.1. The van der Waals surface area contributed by atoms with E-state index in [2.05, 4.69) is 10.6 Å². The number of hydrogen-bond acceptors (Lipinski definition) is 4. The summed E-state index contributed by atoms with van der Waals surface area (Å²) in [5.74, 6) is 0.0787. The van der Waals surface area contributed by atoms with Crippen LogP contribution < -0.4 is 21.1 Å². The van der Waals surface area contributed by atoms with E-state index in [0.717, 1.165) is 12.8 Å². The van der Waals surface area contributed by atoms with Crippen LogP contribution in [0.4, 0.5) is 11.4 Å². The van der Waals surface area contributed by atoms with Crippen molar-refractivity contribution < 1.29 is 14.3 Å². The molecular formula is C20H23N3O3. The quantitative estimate of drug-likeness (QED) is 0.744. The SMILES string of the molecule is NC1(C(=O)Nc2cccc(OCC(=O)Nc3ccccc3)c2)CCCC1. The van der Waals surface area contributed by atoms with E-state index in [-0.39, 0.29) is 18.4 Å². The Labute approximate surface area is 152 Å². The monoisotopic (exact) mass is 353 g/mol. The van der Waals surface area contributed by atoms with Crippen LogP contribution in [0.15, 0.2) is 54.6 Å². The highest BCUT2D eigenvalue weighted by Gasteiger charge is 2.36. The van der Waals surface area contributed by atoms with Crippen molar-refractivity contribution in [2.45, 2.75) is 31.2 Å². The van der Waals surface area contributed by atoms with Gasteiger partial charge in [0.15, 0.2) is 6.61 Å². The molecule has 1 aliphatic rings. The van der Waals surface area contributed by atoms with Crippen LogP contribution in [0, 0.1) is 0 Å². The van der Waals surface area contributed by atoms with Gasteiger partial charge in [0, 0.05) is 17.4 Å². The molecule has 1 aliphatic carbocycles. The highest BCUT2D eigenvalue weighted by Crippen LogP contribution is 2.29. The van der Waals surface area contributed by atoms with Crippen LogP contribution in [0.2, 0.25) is 0 Å².